The molecule has 160 valence electrons. The average Bonchev–Trinajstić information content (AvgIpc) is 3.51. The molecule has 2 N–H and O–H groups in total. The zero-order chi connectivity index (χ0) is 19.6. The smallest absolute Gasteiger partial charge is 0.191 e. The molecule has 1 aliphatic carbocycles. The first-order valence-electron chi connectivity index (χ1n) is 10.2. The van der Waals surface area contributed by atoms with Crippen molar-refractivity contribution >= 4 is 29.9 Å². The van der Waals surface area contributed by atoms with Crippen LogP contribution in [0.1, 0.15) is 52.1 Å². The fourth-order valence-electron chi connectivity index (χ4n) is 3.18. The molecular formula is C21H37IN4O2. The SMILES string of the molecule is CCOc1ccc(C(C)NC(=NC)NCCN(CC)C2CC2)cc1OCC.I. The first-order valence-corrected chi connectivity index (χ1v) is 10.2. The van der Waals surface area contributed by atoms with Gasteiger partial charge in [-0.15, -0.1) is 24.0 Å². The van der Waals surface area contributed by atoms with E-state index in [1.54, 1.807) is 0 Å². The predicted molar refractivity (Wildman–Crippen MR) is 127 cm³/mol. The molecule has 1 saturated carbocycles. The molecule has 0 radical (unpaired) electrons. The van der Waals surface area contributed by atoms with Gasteiger partial charge < -0.3 is 20.1 Å². The van der Waals surface area contributed by atoms with Gasteiger partial charge in [0, 0.05) is 26.2 Å². The molecule has 1 aromatic rings. The van der Waals surface area contributed by atoms with Crippen molar-refractivity contribution in [3.8, 4) is 11.5 Å². The van der Waals surface area contributed by atoms with Gasteiger partial charge in [-0.3, -0.25) is 9.89 Å². The van der Waals surface area contributed by atoms with Crippen molar-refractivity contribution < 1.29 is 9.47 Å². The van der Waals surface area contributed by atoms with E-state index in [9.17, 15) is 0 Å². The van der Waals surface area contributed by atoms with Crippen LogP contribution in [-0.4, -0.2) is 56.8 Å². The van der Waals surface area contributed by atoms with Crippen LogP contribution in [0.4, 0.5) is 0 Å². The summed E-state index contributed by atoms with van der Waals surface area (Å²) in [5.74, 6) is 2.40. The number of nitrogens with one attached hydrogen (secondary N) is 2. The van der Waals surface area contributed by atoms with Gasteiger partial charge in [-0.2, -0.15) is 0 Å². The van der Waals surface area contributed by atoms with Gasteiger partial charge in [0.05, 0.1) is 19.3 Å². The number of guanidine groups is 1. The van der Waals surface area contributed by atoms with Gasteiger partial charge in [-0.05, 0) is 57.9 Å². The van der Waals surface area contributed by atoms with Gasteiger partial charge in [-0.25, -0.2) is 0 Å². The Morgan fingerprint density at radius 3 is 2.43 bits per heavy atom. The number of aliphatic imine (C=N–C) groups is 1. The normalized spacial score (nSPS) is 15.0. The number of hydrogen-bond acceptors (Lipinski definition) is 4. The summed E-state index contributed by atoms with van der Waals surface area (Å²) in [4.78, 5) is 6.89. The number of nitrogens with zero attached hydrogens (tertiary/aromatic N) is 2. The van der Waals surface area contributed by atoms with Gasteiger partial charge in [-0.1, -0.05) is 13.0 Å². The molecule has 1 aliphatic rings. The number of halogens is 1. The minimum atomic E-state index is 0. The monoisotopic (exact) mass is 504 g/mol. The second-order valence-electron chi connectivity index (χ2n) is 6.80. The second kappa shape index (κ2) is 13.1. The maximum atomic E-state index is 5.74. The van der Waals surface area contributed by atoms with Crippen LogP contribution in [0.25, 0.3) is 0 Å². The van der Waals surface area contributed by atoms with Crippen molar-refractivity contribution in [2.75, 3.05) is 39.9 Å². The number of hydrogen-bond donors (Lipinski definition) is 2. The van der Waals surface area contributed by atoms with E-state index in [2.05, 4.69) is 40.4 Å². The lowest BCUT2D eigenvalue weighted by atomic mass is 10.1. The molecule has 1 unspecified atom stereocenters. The van der Waals surface area contributed by atoms with Crippen LogP contribution < -0.4 is 20.1 Å². The molecule has 2 rings (SSSR count). The fourth-order valence-corrected chi connectivity index (χ4v) is 3.18. The van der Waals surface area contributed by atoms with Crippen molar-refractivity contribution in [2.24, 2.45) is 4.99 Å². The Morgan fingerprint density at radius 1 is 1.18 bits per heavy atom. The van der Waals surface area contributed by atoms with Gasteiger partial charge in [0.2, 0.25) is 0 Å². The lowest BCUT2D eigenvalue weighted by Gasteiger charge is -2.22. The predicted octanol–water partition coefficient (Wildman–Crippen LogP) is 3.81. The van der Waals surface area contributed by atoms with E-state index in [4.69, 9.17) is 9.47 Å². The molecule has 0 heterocycles. The van der Waals surface area contributed by atoms with Gasteiger partial charge in [0.1, 0.15) is 0 Å². The molecule has 1 atom stereocenters. The maximum absolute atomic E-state index is 5.74. The summed E-state index contributed by atoms with van der Waals surface area (Å²) in [6, 6.07) is 7.01. The van der Waals surface area contributed by atoms with Crippen LogP contribution in [0.15, 0.2) is 23.2 Å². The minimum absolute atomic E-state index is 0. The summed E-state index contributed by atoms with van der Waals surface area (Å²) < 4.78 is 11.4. The molecule has 0 aromatic heterocycles. The average molecular weight is 504 g/mol. The van der Waals surface area contributed by atoms with Gasteiger partial charge >= 0.3 is 0 Å². The van der Waals surface area contributed by atoms with Crippen molar-refractivity contribution in [3.63, 3.8) is 0 Å². The van der Waals surface area contributed by atoms with E-state index in [0.29, 0.717) is 13.2 Å². The third-order valence-corrected chi connectivity index (χ3v) is 4.81. The molecular weight excluding hydrogens is 467 g/mol. The Bertz CT molecular complexity index is 608. The molecule has 0 saturated heterocycles. The van der Waals surface area contributed by atoms with Crippen molar-refractivity contribution in [1.29, 1.82) is 0 Å². The van der Waals surface area contributed by atoms with Crippen LogP contribution in [-0.2, 0) is 0 Å². The Hall–Kier alpha value is -1.22. The zero-order valence-electron chi connectivity index (χ0n) is 18.0. The van der Waals surface area contributed by atoms with E-state index >= 15 is 0 Å². The first-order chi connectivity index (χ1) is 13.1. The summed E-state index contributed by atoms with van der Waals surface area (Å²) in [6.45, 7) is 12.6. The minimum Gasteiger partial charge on any atom is -0.490 e. The second-order valence-corrected chi connectivity index (χ2v) is 6.80. The molecule has 0 spiro atoms. The highest BCUT2D eigenvalue weighted by atomic mass is 127. The van der Waals surface area contributed by atoms with Crippen LogP contribution in [0.3, 0.4) is 0 Å². The molecule has 0 amide bonds. The number of ether oxygens (including phenoxy) is 2. The molecule has 1 aromatic carbocycles. The number of likely N-dealkylation sites (N-methyl/N-ethyl adjacent to an activating group) is 1. The lowest BCUT2D eigenvalue weighted by Crippen LogP contribution is -2.42. The van der Waals surface area contributed by atoms with E-state index in [1.807, 2.05) is 33.0 Å². The molecule has 0 aliphatic heterocycles. The maximum Gasteiger partial charge on any atom is 0.191 e. The standard InChI is InChI=1S/C21H36N4O2.HI/c1-6-25(18-10-11-18)14-13-23-21(22-5)24-16(4)17-9-12-19(26-7-2)20(15-17)27-8-3;/h9,12,15-16,18H,6-8,10-11,13-14H2,1-5H3,(H2,22,23,24);1H. The third-order valence-electron chi connectivity index (χ3n) is 4.81. The fraction of sp³-hybridized carbons (Fsp3) is 0.667. The van der Waals surface area contributed by atoms with Gasteiger partial charge in [0.15, 0.2) is 17.5 Å². The van der Waals surface area contributed by atoms with Crippen molar-refractivity contribution in [3.05, 3.63) is 23.8 Å². The highest BCUT2D eigenvalue weighted by Crippen LogP contribution is 2.30. The summed E-state index contributed by atoms with van der Waals surface area (Å²) in [5.41, 5.74) is 1.14. The van der Waals surface area contributed by atoms with Gasteiger partial charge in [0.25, 0.3) is 0 Å². The Kier molecular flexibility index (Phi) is 11.6. The summed E-state index contributed by atoms with van der Waals surface area (Å²) in [5, 5.41) is 6.89. The number of rotatable bonds is 11. The number of benzene rings is 1. The van der Waals surface area contributed by atoms with Crippen LogP contribution in [0, 0.1) is 0 Å². The van der Waals surface area contributed by atoms with E-state index in [-0.39, 0.29) is 30.0 Å². The largest absolute Gasteiger partial charge is 0.490 e. The van der Waals surface area contributed by atoms with Crippen LogP contribution in [0.2, 0.25) is 0 Å². The molecule has 0 bridgehead atoms. The molecule has 28 heavy (non-hydrogen) atoms. The Labute approximate surface area is 187 Å². The Balaban J connectivity index is 0.00000392. The quantitative estimate of drug-likeness (QED) is 0.273. The highest BCUT2D eigenvalue weighted by Gasteiger charge is 2.27. The summed E-state index contributed by atoms with van der Waals surface area (Å²) in [6.07, 6.45) is 2.69. The summed E-state index contributed by atoms with van der Waals surface area (Å²) in [7, 11) is 1.81. The molecule has 7 heteroatoms. The van der Waals surface area contributed by atoms with Crippen molar-refractivity contribution in [1.82, 2.24) is 15.5 Å². The van der Waals surface area contributed by atoms with Crippen molar-refractivity contribution in [2.45, 2.75) is 52.6 Å². The highest BCUT2D eigenvalue weighted by molar-refractivity contribution is 14.0. The first kappa shape index (κ1) is 24.8. The summed E-state index contributed by atoms with van der Waals surface area (Å²) >= 11 is 0. The molecule has 1 fully saturated rings. The Morgan fingerprint density at radius 2 is 1.86 bits per heavy atom. The topological polar surface area (TPSA) is 58.1 Å². The third kappa shape index (κ3) is 7.66. The zero-order valence-corrected chi connectivity index (χ0v) is 20.3. The molecule has 6 nitrogen and oxygen atoms in total. The van der Waals surface area contributed by atoms with Crippen LogP contribution in [0.5, 0.6) is 11.5 Å². The van der Waals surface area contributed by atoms with E-state index in [0.717, 1.165) is 48.7 Å². The van der Waals surface area contributed by atoms with E-state index in [1.165, 1.54) is 12.8 Å². The van der Waals surface area contributed by atoms with Crippen LogP contribution >= 0.6 is 24.0 Å². The lowest BCUT2D eigenvalue weighted by molar-refractivity contribution is 0.282. The van der Waals surface area contributed by atoms with E-state index < -0.39 is 0 Å².